The molecule has 7 nitrogen and oxygen atoms in total. The van der Waals surface area contributed by atoms with Crippen LogP contribution in [0.3, 0.4) is 0 Å². The zero-order valence-electron chi connectivity index (χ0n) is 10.5. The number of nitrogens with one attached hydrogen (secondary N) is 2. The van der Waals surface area contributed by atoms with Gasteiger partial charge in [0.1, 0.15) is 18.2 Å². The molecule has 1 unspecified atom stereocenters. The first-order chi connectivity index (χ1) is 8.43. The Bertz CT molecular complexity index is 388. The molecule has 0 radical (unpaired) electrons. The molecule has 0 bridgehead atoms. The largest absolute Gasteiger partial charge is 0.366 e. The topological polar surface area (TPSA) is 87.7 Å². The van der Waals surface area contributed by atoms with Crippen LogP contribution in [0.1, 0.15) is 13.8 Å². The predicted octanol–water partition coefficient (Wildman–Crippen LogP) is -1.76. The quantitative estimate of drug-likeness (QED) is 0.542. The van der Waals surface area contributed by atoms with E-state index >= 15 is 0 Å². The average Bonchev–Trinajstić information content (AvgIpc) is 2.34. The number of rotatable bonds is 1. The highest BCUT2D eigenvalue weighted by molar-refractivity contribution is 6.06. The number of carbonyl (C=O) groups is 3. The van der Waals surface area contributed by atoms with Gasteiger partial charge in [0.25, 0.3) is 11.8 Å². The first kappa shape index (κ1) is 13.0. The van der Waals surface area contributed by atoms with Crippen LogP contribution in [-0.2, 0) is 19.1 Å². The fourth-order valence-electron chi connectivity index (χ4n) is 2.03. The van der Waals surface area contributed by atoms with Gasteiger partial charge in [-0.2, -0.15) is 0 Å². The van der Waals surface area contributed by atoms with E-state index in [2.05, 4.69) is 10.6 Å². The number of amides is 3. The molecule has 1 atom stereocenters. The van der Waals surface area contributed by atoms with Crippen molar-refractivity contribution in [1.82, 2.24) is 15.5 Å². The lowest BCUT2D eigenvalue weighted by molar-refractivity contribution is -0.162. The Labute approximate surface area is 105 Å². The summed E-state index contributed by atoms with van der Waals surface area (Å²) in [5.74, 6) is -1.25. The van der Waals surface area contributed by atoms with E-state index in [-0.39, 0.29) is 12.5 Å². The zero-order chi connectivity index (χ0) is 13.3. The second-order valence-corrected chi connectivity index (χ2v) is 4.92. The van der Waals surface area contributed by atoms with Crippen LogP contribution in [0.25, 0.3) is 0 Å². The third-order valence-electron chi connectivity index (χ3n) is 3.25. The Kier molecular flexibility index (Phi) is 3.36. The molecular weight excluding hydrogens is 238 g/mol. The molecular formula is C11H17N3O4. The van der Waals surface area contributed by atoms with Crippen molar-refractivity contribution in [3.63, 3.8) is 0 Å². The first-order valence-corrected chi connectivity index (χ1v) is 5.91. The first-order valence-electron chi connectivity index (χ1n) is 5.91. The van der Waals surface area contributed by atoms with Gasteiger partial charge in [-0.1, -0.05) is 0 Å². The summed E-state index contributed by atoms with van der Waals surface area (Å²) >= 11 is 0. The Morgan fingerprint density at radius 1 is 1.44 bits per heavy atom. The molecule has 2 aliphatic rings. The van der Waals surface area contributed by atoms with Crippen LogP contribution in [0.2, 0.25) is 0 Å². The van der Waals surface area contributed by atoms with Gasteiger partial charge in [-0.3, -0.25) is 19.7 Å². The Hall–Kier alpha value is -1.47. The minimum atomic E-state index is -1.04. The van der Waals surface area contributed by atoms with Gasteiger partial charge >= 0.3 is 0 Å². The maximum atomic E-state index is 12.3. The number of carbonyl (C=O) groups excluding carboxylic acids is 3. The summed E-state index contributed by atoms with van der Waals surface area (Å²) in [5.41, 5.74) is -1.04. The van der Waals surface area contributed by atoms with Crippen LogP contribution in [0.4, 0.5) is 0 Å². The van der Waals surface area contributed by atoms with Gasteiger partial charge in [-0.05, 0) is 13.8 Å². The van der Waals surface area contributed by atoms with Gasteiger partial charge in [0, 0.05) is 13.1 Å². The van der Waals surface area contributed by atoms with E-state index in [0.29, 0.717) is 19.7 Å². The molecule has 2 rings (SSSR count). The van der Waals surface area contributed by atoms with Gasteiger partial charge in [0.2, 0.25) is 5.91 Å². The van der Waals surface area contributed by atoms with E-state index in [0.717, 1.165) is 0 Å². The van der Waals surface area contributed by atoms with Crippen LogP contribution >= 0.6 is 0 Å². The molecule has 3 amide bonds. The summed E-state index contributed by atoms with van der Waals surface area (Å²) in [6.07, 6.45) is -0.628. The van der Waals surface area contributed by atoms with Crippen LogP contribution in [-0.4, -0.2) is 60.5 Å². The van der Waals surface area contributed by atoms with Gasteiger partial charge in [-0.25, -0.2) is 0 Å². The Morgan fingerprint density at radius 3 is 2.78 bits per heavy atom. The number of piperazine rings is 1. The molecule has 2 aliphatic heterocycles. The second-order valence-electron chi connectivity index (χ2n) is 4.92. The summed E-state index contributed by atoms with van der Waals surface area (Å²) in [4.78, 5) is 36.7. The molecule has 0 spiro atoms. The minimum absolute atomic E-state index is 0.114. The highest BCUT2D eigenvalue weighted by Gasteiger charge is 2.45. The van der Waals surface area contributed by atoms with Crippen molar-refractivity contribution in [2.45, 2.75) is 25.5 Å². The van der Waals surface area contributed by atoms with Gasteiger partial charge < -0.3 is 15.0 Å². The van der Waals surface area contributed by atoms with Crippen molar-refractivity contribution in [2.75, 3.05) is 26.2 Å². The number of hydrogen-bond acceptors (Lipinski definition) is 5. The average molecular weight is 255 g/mol. The molecule has 2 N–H and O–H groups in total. The van der Waals surface area contributed by atoms with Gasteiger partial charge in [-0.15, -0.1) is 0 Å². The third kappa shape index (κ3) is 2.23. The molecule has 0 aromatic heterocycles. The standard InChI is InChI=1S/C11H17N3O4/c1-11(2)10(17)13-8(15)6-14(11)9(16)7-5-12-3-4-18-7/h7,12H,3-6H2,1-2H3,(H,13,15,17). The molecule has 18 heavy (non-hydrogen) atoms. The van der Waals surface area contributed by atoms with E-state index in [1.54, 1.807) is 13.8 Å². The maximum Gasteiger partial charge on any atom is 0.254 e. The monoisotopic (exact) mass is 255 g/mol. The summed E-state index contributed by atoms with van der Waals surface area (Å²) in [5, 5.41) is 5.28. The molecule has 2 heterocycles. The Morgan fingerprint density at radius 2 is 2.17 bits per heavy atom. The highest BCUT2D eigenvalue weighted by atomic mass is 16.5. The van der Waals surface area contributed by atoms with Crippen molar-refractivity contribution in [2.24, 2.45) is 0 Å². The molecule has 0 aliphatic carbocycles. The SMILES string of the molecule is CC1(C)C(=O)NC(=O)CN1C(=O)C1CNCCO1. The Balaban J connectivity index is 2.16. The highest BCUT2D eigenvalue weighted by Crippen LogP contribution is 2.20. The van der Waals surface area contributed by atoms with Crippen molar-refractivity contribution in [3.05, 3.63) is 0 Å². The van der Waals surface area contributed by atoms with Crippen LogP contribution in [0, 0.1) is 0 Å². The number of imide groups is 1. The lowest BCUT2D eigenvalue weighted by Gasteiger charge is -2.42. The molecule has 0 aromatic rings. The molecule has 2 fully saturated rings. The smallest absolute Gasteiger partial charge is 0.254 e. The van der Waals surface area contributed by atoms with Gasteiger partial charge in [0.15, 0.2) is 0 Å². The molecule has 0 saturated carbocycles. The lowest BCUT2D eigenvalue weighted by Crippen LogP contribution is -2.67. The normalized spacial score (nSPS) is 27.9. The molecule has 2 saturated heterocycles. The number of nitrogens with zero attached hydrogens (tertiary/aromatic N) is 1. The number of morpholine rings is 1. The predicted molar refractivity (Wildman–Crippen MR) is 61.6 cm³/mol. The van der Waals surface area contributed by atoms with Crippen LogP contribution in [0.15, 0.2) is 0 Å². The number of hydrogen-bond donors (Lipinski definition) is 2. The lowest BCUT2D eigenvalue weighted by atomic mass is 9.97. The molecule has 100 valence electrons. The zero-order valence-corrected chi connectivity index (χ0v) is 10.5. The summed E-state index contributed by atoms with van der Waals surface area (Å²) in [6, 6.07) is 0. The van der Waals surface area contributed by atoms with E-state index in [1.165, 1.54) is 4.90 Å². The van der Waals surface area contributed by atoms with E-state index in [9.17, 15) is 14.4 Å². The van der Waals surface area contributed by atoms with Crippen molar-refractivity contribution >= 4 is 17.7 Å². The van der Waals surface area contributed by atoms with E-state index < -0.39 is 23.5 Å². The number of ether oxygens (including phenoxy) is 1. The summed E-state index contributed by atoms with van der Waals surface area (Å²) in [7, 11) is 0. The van der Waals surface area contributed by atoms with E-state index in [1.807, 2.05) is 0 Å². The summed E-state index contributed by atoms with van der Waals surface area (Å²) < 4.78 is 5.36. The van der Waals surface area contributed by atoms with E-state index in [4.69, 9.17) is 4.74 Å². The second kappa shape index (κ2) is 4.66. The van der Waals surface area contributed by atoms with Gasteiger partial charge in [0.05, 0.1) is 6.61 Å². The molecule has 0 aromatic carbocycles. The van der Waals surface area contributed by atoms with Crippen molar-refractivity contribution in [1.29, 1.82) is 0 Å². The maximum absolute atomic E-state index is 12.3. The van der Waals surface area contributed by atoms with Crippen molar-refractivity contribution < 1.29 is 19.1 Å². The van der Waals surface area contributed by atoms with Crippen molar-refractivity contribution in [3.8, 4) is 0 Å². The fourth-order valence-corrected chi connectivity index (χ4v) is 2.03. The molecule has 7 heteroatoms. The van der Waals surface area contributed by atoms with Crippen LogP contribution in [0.5, 0.6) is 0 Å². The third-order valence-corrected chi connectivity index (χ3v) is 3.25. The minimum Gasteiger partial charge on any atom is -0.366 e. The van der Waals surface area contributed by atoms with Crippen LogP contribution < -0.4 is 10.6 Å². The summed E-state index contributed by atoms with van der Waals surface area (Å²) in [6.45, 7) is 4.67. The fraction of sp³-hybridized carbons (Fsp3) is 0.727.